The van der Waals surface area contributed by atoms with E-state index in [-0.39, 0.29) is 22.8 Å². The quantitative estimate of drug-likeness (QED) is 0.389. The minimum atomic E-state index is -0.433. The molecule has 0 unspecified atom stereocenters. The molecule has 3 rings (SSSR count). The highest BCUT2D eigenvalue weighted by Crippen LogP contribution is 2.37. The number of aromatic hydroxyl groups is 1. The molecular weight excluding hydrogens is 368 g/mol. The van der Waals surface area contributed by atoms with E-state index in [2.05, 4.69) is 4.98 Å². The third-order valence-corrected chi connectivity index (χ3v) is 4.30. The van der Waals surface area contributed by atoms with Crippen LogP contribution in [0.5, 0.6) is 17.2 Å². The van der Waals surface area contributed by atoms with Gasteiger partial charge in [-0.2, -0.15) is 5.26 Å². The number of aromatic amines is 1. The van der Waals surface area contributed by atoms with Gasteiger partial charge in [-0.3, -0.25) is 4.79 Å². The number of fused-ring (bicyclic) bond motifs is 1. The molecule has 0 saturated heterocycles. The van der Waals surface area contributed by atoms with E-state index >= 15 is 0 Å². The number of phenols is 1. The van der Waals surface area contributed by atoms with Gasteiger partial charge in [-0.05, 0) is 35.9 Å². The molecule has 0 spiro atoms. The smallest absolute Gasteiger partial charge is 0.205 e. The average molecular weight is 383 g/mol. The number of benzene rings is 2. The van der Waals surface area contributed by atoms with Gasteiger partial charge in [0, 0.05) is 27.7 Å². The number of aromatic nitrogens is 1. The molecule has 0 bridgehead atoms. The summed E-state index contributed by atoms with van der Waals surface area (Å²) in [7, 11) is 2.80. The summed E-state index contributed by atoms with van der Waals surface area (Å²) in [6.07, 6.45) is 2.97. The lowest BCUT2D eigenvalue weighted by molar-refractivity contribution is 0.104. The van der Waals surface area contributed by atoms with Crippen molar-refractivity contribution in [2.24, 2.45) is 0 Å². The van der Waals surface area contributed by atoms with Crippen molar-refractivity contribution >= 4 is 34.4 Å². The number of methoxy groups -OCH3 is 2. The van der Waals surface area contributed by atoms with Crippen molar-refractivity contribution in [3.05, 3.63) is 58.3 Å². The van der Waals surface area contributed by atoms with Crippen LogP contribution >= 0.6 is 11.6 Å². The number of allylic oxidation sites excluding steroid dienone is 1. The zero-order valence-electron chi connectivity index (χ0n) is 14.5. The molecule has 0 aliphatic carbocycles. The number of hydrogen-bond donors (Lipinski definition) is 2. The number of H-pyrrole nitrogens is 1. The maximum Gasteiger partial charge on any atom is 0.205 e. The molecule has 0 fully saturated rings. The number of hydrogen-bond acceptors (Lipinski definition) is 5. The maximum atomic E-state index is 12.9. The predicted molar refractivity (Wildman–Crippen MR) is 102 cm³/mol. The zero-order chi connectivity index (χ0) is 19.6. The van der Waals surface area contributed by atoms with Gasteiger partial charge in [-0.15, -0.1) is 0 Å². The van der Waals surface area contributed by atoms with Crippen LogP contribution in [0.15, 0.2) is 42.1 Å². The summed E-state index contributed by atoms with van der Waals surface area (Å²) >= 11 is 5.96. The fourth-order valence-corrected chi connectivity index (χ4v) is 2.92. The van der Waals surface area contributed by atoms with Crippen molar-refractivity contribution < 1.29 is 19.4 Å². The Balaban J connectivity index is 2.06. The number of nitriles is 1. The molecule has 2 N–H and O–H groups in total. The van der Waals surface area contributed by atoms with E-state index in [1.807, 2.05) is 6.07 Å². The van der Waals surface area contributed by atoms with Gasteiger partial charge in [0.2, 0.25) is 11.5 Å². The number of phenolic OH excluding ortho intramolecular Hbond substituents is 1. The molecule has 7 heteroatoms. The van der Waals surface area contributed by atoms with Gasteiger partial charge in [-0.25, -0.2) is 0 Å². The molecule has 0 amide bonds. The Hall–Kier alpha value is -3.43. The monoisotopic (exact) mass is 382 g/mol. The fourth-order valence-electron chi connectivity index (χ4n) is 2.74. The van der Waals surface area contributed by atoms with E-state index in [4.69, 9.17) is 21.1 Å². The predicted octanol–water partition coefficient (Wildman–Crippen LogP) is 4.33. The first kappa shape index (κ1) is 18.4. The normalized spacial score (nSPS) is 11.3. The number of carbonyl (C=O) groups excluding carboxylic acids is 1. The zero-order valence-corrected chi connectivity index (χ0v) is 15.3. The van der Waals surface area contributed by atoms with Gasteiger partial charge in [0.05, 0.1) is 14.2 Å². The van der Waals surface area contributed by atoms with Crippen molar-refractivity contribution in [2.75, 3.05) is 14.2 Å². The molecule has 0 saturated carbocycles. The van der Waals surface area contributed by atoms with Crippen LogP contribution < -0.4 is 9.47 Å². The van der Waals surface area contributed by atoms with Crippen molar-refractivity contribution in [2.45, 2.75) is 0 Å². The number of nitrogens with zero attached hydrogens (tertiary/aromatic N) is 1. The minimum absolute atomic E-state index is 0.0688. The van der Waals surface area contributed by atoms with Gasteiger partial charge in [0.15, 0.2) is 11.5 Å². The number of ketones is 1. The van der Waals surface area contributed by atoms with Crippen LogP contribution in [0.4, 0.5) is 0 Å². The number of nitrogens with one attached hydrogen (secondary N) is 1. The van der Waals surface area contributed by atoms with E-state index in [0.29, 0.717) is 27.1 Å². The molecular formula is C20H15ClN2O4. The molecule has 1 aromatic heterocycles. The molecule has 0 atom stereocenters. The summed E-state index contributed by atoms with van der Waals surface area (Å²) in [6, 6.07) is 10.1. The second-order valence-electron chi connectivity index (χ2n) is 5.67. The third kappa shape index (κ3) is 3.46. The number of rotatable bonds is 5. The number of halogens is 1. The second kappa shape index (κ2) is 7.44. The topological polar surface area (TPSA) is 95.3 Å². The number of Topliss-reactive ketones (excluding diaryl/α,β-unsaturated/α-hetero) is 1. The highest BCUT2D eigenvalue weighted by Gasteiger charge is 2.18. The second-order valence-corrected chi connectivity index (χ2v) is 6.10. The molecule has 3 aromatic rings. The van der Waals surface area contributed by atoms with Crippen molar-refractivity contribution in [3.63, 3.8) is 0 Å². The lowest BCUT2D eigenvalue weighted by Crippen LogP contribution is -2.01. The van der Waals surface area contributed by atoms with E-state index in [1.165, 1.54) is 32.4 Å². The first-order valence-electron chi connectivity index (χ1n) is 7.86. The Kier molecular flexibility index (Phi) is 5.06. The molecule has 27 heavy (non-hydrogen) atoms. The Morgan fingerprint density at radius 2 is 1.89 bits per heavy atom. The first-order valence-corrected chi connectivity index (χ1v) is 8.24. The average Bonchev–Trinajstić information content (AvgIpc) is 3.09. The van der Waals surface area contributed by atoms with Crippen LogP contribution in [0.3, 0.4) is 0 Å². The lowest BCUT2D eigenvalue weighted by atomic mass is 10.0. The van der Waals surface area contributed by atoms with Crippen molar-refractivity contribution in [1.82, 2.24) is 4.98 Å². The van der Waals surface area contributed by atoms with E-state index in [0.717, 1.165) is 0 Å². The van der Waals surface area contributed by atoms with Crippen LogP contribution in [0.2, 0.25) is 5.02 Å². The van der Waals surface area contributed by atoms with E-state index in [1.54, 1.807) is 24.4 Å². The minimum Gasteiger partial charge on any atom is -0.502 e. The first-order chi connectivity index (χ1) is 13.0. The van der Waals surface area contributed by atoms with Crippen LogP contribution in [0, 0.1) is 11.3 Å². The third-order valence-electron chi connectivity index (χ3n) is 4.07. The number of carbonyl (C=O) groups is 1. The van der Waals surface area contributed by atoms with Gasteiger partial charge in [0.1, 0.15) is 11.6 Å². The summed E-state index contributed by atoms with van der Waals surface area (Å²) in [5, 5.41) is 20.7. The highest BCUT2D eigenvalue weighted by atomic mass is 35.5. The number of ether oxygens (including phenoxy) is 2. The van der Waals surface area contributed by atoms with Gasteiger partial charge >= 0.3 is 0 Å². The standard InChI is InChI=1S/C20H15ClN2O4/c1-26-17-6-11(7-18(27-2)20(17)25)5-12(9-22)19(24)15-10-23-16-8-13(21)3-4-14(15)16/h3-8,10,23,25H,1-2H3/b12-5-. The molecule has 2 aromatic carbocycles. The molecule has 6 nitrogen and oxygen atoms in total. The van der Waals surface area contributed by atoms with E-state index < -0.39 is 5.78 Å². The Morgan fingerprint density at radius 1 is 1.22 bits per heavy atom. The Labute approximate surface area is 160 Å². The van der Waals surface area contributed by atoms with Gasteiger partial charge in [0.25, 0.3) is 0 Å². The molecule has 1 heterocycles. The van der Waals surface area contributed by atoms with Crippen molar-refractivity contribution in [1.29, 1.82) is 5.26 Å². The summed E-state index contributed by atoms with van der Waals surface area (Å²) < 4.78 is 10.2. The Morgan fingerprint density at radius 3 is 2.48 bits per heavy atom. The SMILES string of the molecule is COc1cc(/C=C(/C#N)C(=O)c2c[nH]c3cc(Cl)ccc23)cc(OC)c1O. The molecule has 136 valence electrons. The van der Waals surface area contributed by atoms with Crippen LogP contribution in [-0.4, -0.2) is 30.1 Å². The Bertz CT molecular complexity index is 1080. The molecule has 0 aliphatic rings. The maximum absolute atomic E-state index is 12.9. The molecule has 0 aliphatic heterocycles. The van der Waals surface area contributed by atoms with E-state index in [9.17, 15) is 15.2 Å². The van der Waals surface area contributed by atoms with Crippen LogP contribution in [0.1, 0.15) is 15.9 Å². The summed E-state index contributed by atoms with van der Waals surface area (Å²) in [5.41, 5.74) is 1.48. The van der Waals surface area contributed by atoms with Gasteiger partial charge in [-0.1, -0.05) is 17.7 Å². The van der Waals surface area contributed by atoms with Crippen molar-refractivity contribution in [3.8, 4) is 23.3 Å². The van der Waals surface area contributed by atoms with Crippen LogP contribution in [-0.2, 0) is 0 Å². The lowest BCUT2D eigenvalue weighted by Gasteiger charge is -2.09. The largest absolute Gasteiger partial charge is 0.502 e. The van der Waals surface area contributed by atoms with Crippen LogP contribution in [0.25, 0.3) is 17.0 Å². The molecule has 0 radical (unpaired) electrons. The summed E-state index contributed by atoms with van der Waals surface area (Å²) in [4.78, 5) is 15.8. The highest BCUT2D eigenvalue weighted by molar-refractivity contribution is 6.31. The van der Waals surface area contributed by atoms with Gasteiger partial charge < -0.3 is 19.6 Å². The summed E-state index contributed by atoms with van der Waals surface area (Å²) in [5.74, 6) is -0.244. The fraction of sp³-hybridized carbons (Fsp3) is 0.100. The summed E-state index contributed by atoms with van der Waals surface area (Å²) in [6.45, 7) is 0.